The van der Waals surface area contributed by atoms with Crippen LogP contribution in [0.5, 0.6) is 115 Å². The first kappa shape index (κ1) is 51.3. The van der Waals surface area contributed by atoms with Crippen LogP contribution >= 0.6 is 0 Å². The number of fused-ring (bicyclic) bond motifs is 3. The Kier molecular flexibility index (Phi) is 11.5. The van der Waals surface area contributed by atoms with E-state index in [0.29, 0.717) is 5.56 Å². The molecule has 2 heterocycles. The number of aromatic nitrogens is 3. The summed E-state index contributed by atoms with van der Waals surface area (Å²) in [6.07, 6.45) is 0. The molecular weight excluding hydrogens is 1030 g/mol. The fraction of sp³-hybridized carbons (Fsp3) is 0. The summed E-state index contributed by atoms with van der Waals surface area (Å²) < 4.78 is 6.28. The van der Waals surface area contributed by atoms with Crippen molar-refractivity contribution in [2.45, 2.75) is 0 Å². The van der Waals surface area contributed by atoms with Crippen molar-refractivity contribution in [1.82, 2.24) is 15.0 Å². The van der Waals surface area contributed by atoms with Crippen molar-refractivity contribution >= 4 is 75.2 Å². The van der Waals surface area contributed by atoms with Gasteiger partial charge in [0, 0.05) is 5.56 Å². The van der Waals surface area contributed by atoms with Crippen LogP contribution in [0.1, 0.15) is 0 Å². The number of furan rings is 1. The highest BCUT2D eigenvalue weighted by molar-refractivity contribution is 6.53. The highest BCUT2D eigenvalue weighted by Gasteiger charge is 2.37. The van der Waals surface area contributed by atoms with Crippen LogP contribution in [-0.4, -0.2) is 148 Å². The predicted molar refractivity (Wildman–Crippen MR) is 291 cm³/mol. The molecule has 0 aliphatic carbocycles. The van der Waals surface area contributed by atoms with Crippen molar-refractivity contribution < 1.29 is 107 Å². The number of rotatable bonds is 7. The summed E-state index contributed by atoms with van der Waals surface area (Å²) in [4.78, 5) is 13.0. The Morgan fingerprint density at radius 3 is 1.04 bits per heavy atom. The summed E-state index contributed by atoms with van der Waals surface area (Å²) in [5.74, 6) is -27.7. The van der Waals surface area contributed by atoms with Gasteiger partial charge < -0.3 is 107 Å². The lowest BCUT2D eigenvalue weighted by molar-refractivity contribution is 0.329. The zero-order valence-electron chi connectivity index (χ0n) is 40.9. The topological polar surface area (TPSA) is 456 Å². The third kappa shape index (κ3) is 7.10. The van der Waals surface area contributed by atoms with E-state index in [1.165, 1.54) is 27.8 Å². The largest absolute Gasteiger partial charge is 0.508 e. The van der Waals surface area contributed by atoms with Crippen LogP contribution in [-0.2, 0) is 0 Å². The number of nitrogens with zero attached hydrogens (tertiary/aromatic N) is 3. The fourth-order valence-electron chi connectivity index (χ4n) is 9.54. The number of aromatic hydroxyl groups is 20. The lowest BCUT2D eigenvalue weighted by Crippen LogP contribution is -2.28. The van der Waals surface area contributed by atoms with Gasteiger partial charge in [-0.25, -0.2) is 15.0 Å². The van der Waals surface area contributed by atoms with Crippen LogP contribution < -0.4 is 21.9 Å². The van der Waals surface area contributed by atoms with Gasteiger partial charge in [0.15, 0.2) is 80.4 Å². The molecule has 0 saturated heterocycles. The van der Waals surface area contributed by atoms with Gasteiger partial charge in [0.05, 0.1) is 33.0 Å². The Morgan fingerprint density at radius 1 is 0.241 bits per heavy atom. The Hall–Kier alpha value is -11.2. The second-order valence-electron chi connectivity index (χ2n) is 18.2. The van der Waals surface area contributed by atoms with E-state index >= 15 is 0 Å². The molecule has 0 spiro atoms. The van der Waals surface area contributed by atoms with Crippen molar-refractivity contribution in [3.05, 3.63) is 54.6 Å². The minimum Gasteiger partial charge on any atom is -0.508 e. The summed E-state index contributed by atoms with van der Waals surface area (Å²) in [5.41, 5.74) is -7.83. The van der Waals surface area contributed by atoms with Gasteiger partial charge >= 0.3 is 0 Å². The molecule has 0 aliphatic rings. The van der Waals surface area contributed by atoms with Crippen LogP contribution in [0.15, 0.2) is 59.0 Å². The predicted octanol–water partition coefficient (Wildman–Crippen LogP) is 0.586. The van der Waals surface area contributed by atoms with E-state index in [4.69, 9.17) is 4.42 Å². The summed E-state index contributed by atoms with van der Waals surface area (Å²) >= 11 is 0. The Labute approximate surface area is 443 Å². The molecule has 2 aromatic heterocycles. The van der Waals surface area contributed by atoms with Crippen LogP contribution in [0.2, 0.25) is 0 Å². The number of phenols is 20. The van der Waals surface area contributed by atoms with Gasteiger partial charge in [-0.1, -0.05) is 60.1 Å². The number of hydrogen-bond donors (Lipinski definition) is 20. The second kappa shape index (κ2) is 17.7. The van der Waals surface area contributed by atoms with Gasteiger partial charge in [-0.3, -0.25) is 0 Å². The summed E-state index contributed by atoms with van der Waals surface area (Å²) in [6.45, 7) is 0. The zero-order chi connectivity index (χ0) is 57.4. The van der Waals surface area contributed by atoms with Crippen molar-refractivity contribution in [2.24, 2.45) is 0 Å². The van der Waals surface area contributed by atoms with Crippen molar-refractivity contribution in [1.29, 1.82) is 0 Å². The molecule has 28 heteroatoms. The van der Waals surface area contributed by atoms with Gasteiger partial charge in [0.25, 0.3) is 0 Å². The minimum absolute atomic E-state index is 0.0604. The molecule has 10 aromatic rings. The van der Waals surface area contributed by atoms with Gasteiger partial charge in [-0.15, -0.1) is 0 Å². The summed E-state index contributed by atoms with van der Waals surface area (Å²) in [6, 6.07) is 15.3. The molecule has 79 heavy (non-hydrogen) atoms. The van der Waals surface area contributed by atoms with E-state index in [9.17, 15) is 102 Å². The standard InChI is InChI=1S/C51H37B4N3O21/c52-23-14(34(66)43(75)40(72)24(23)53)15-27(59)20(31(63)25(54)29(15)61)49-56-50(21-28(60)16(30(62)26(55)32(21)64)17-35(67)44(76)46(78)45(77)36(17)68)58-51(57-49)22-39(71)42(74)38(70)19-18-37(69)41(73)33(65)13(47(18)79-48(19)22)12-8-6-11(7-9-12)10-4-2-1-3-5-10/h1-9,59-78H,52-55H2. The highest BCUT2D eigenvalue weighted by atomic mass is 16.4. The Morgan fingerprint density at radius 2 is 0.557 bits per heavy atom. The third-order valence-electron chi connectivity index (χ3n) is 14.0. The van der Waals surface area contributed by atoms with E-state index in [0.717, 1.165) is 21.3 Å². The molecule has 20 N–H and O–H groups in total. The molecule has 0 unspecified atom stereocenters. The Balaban J connectivity index is 1.36. The molecule has 0 saturated carbocycles. The maximum Gasteiger partial charge on any atom is 0.208 e. The van der Waals surface area contributed by atoms with Crippen molar-refractivity contribution in [3.8, 4) is 194 Å². The van der Waals surface area contributed by atoms with Crippen molar-refractivity contribution in [2.75, 3.05) is 0 Å². The smallest absolute Gasteiger partial charge is 0.208 e. The van der Waals surface area contributed by atoms with Gasteiger partial charge in [0.1, 0.15) is 82.6 Å². The average Bonchev–Trinajstić information content (AvgIpc) is 3.97. The molecule has 0 bridgehead atoms. The molecule has 24 nitrogen and oxygen atoms in total. The van der Waals surface area contributed by atoms with Gasteiger partial charge in [-0.05, 0) is 33.1 Å². The fourth-order valence-corrected chi connectivity index (χ4v) is 9.54. The average molecular weight is 1070 g/mol. The van der Waals surface area contributed by atoms with E-state index in [-0.39, 0.29) is 22.1 Å². The molecule has 0 amide bonds. The zero-order valence-corrected chi connectivity index (χ0v) is 40.9. The summed E-state index contributed by atoms with van der Waals surface area (Å²) in [7, 11) is 4.71. The van der Waals surface area contributed by atoms with Crippen LogP contribution in [0.4, 0.5) is 0 Å². The maximum absolute atomic E-state index is 12.3. The van der Waals surface area contributed by atoms with Crippen LogP contribution in [0.25, 0.3) is 101 Å². The van der Waals surface area contributed by atoms with E-state index < -0.39 is 204 Å². The monoisotopic (exact) mass is 1070 g/mol. The first-order chi connectivity index (χ1) is 37.2. The second-order valence-corrected chi connectivity index (χ2v) is 18.2. The number of phenolic OH excluding ortho intramolecular Hbond substituents is 20. The Bertz CT molecular complexity index is 4150. The SMILES string of the molecule is Bc1c(B)c(-c2c(O)c(B)c(O)c(-c3nc(-c4c(O)c(B)c(O)c(-c5c(O)c(O)c(O)c(O)c5O)c4O)nc(-c4c(O)c(O)c(O)c5c4oc4c(-c6ccc(-c7ccccc7)cc6)c(O)c(O)c(O)c45)n3)c2O)c(O)c(O)c1O. The molecular formula is C51H37B4N3O21. The van der Waals surface area contributed by atoms with Gasteiger partial charge in [-0.2, -0.15) is 0 Å². The van der Waals surface area contributed by atoms with Gasteiger partial charge in [0.2, 0.25) is 28.7 Å². The molecule has 8 aromatic carbocycles. The molecule has 394 valence electrons. The molecule has 10 rings (SSSR count). The third-order valence-corrected chi connectivity index (χ3v) is 14.0. The van der Waals surface area contributed by atoms with E-state index in [1.807, 2.05) is 12.1 Å². The van der Waals surface area contributed by atoms with E-state index in [1.54, 1.807) is 30.3 Å². The van der Waals surface area contributed by atoms with E-state index in [2.05, 4.69) is 15.0 Å². The number of benzene rings is 8. The molecule has 0 radical (unpaired) electrons. The van der Waals surface area contributed by atoms with Crippen molar-refractivity contribution in [3.63, 3.8) is 0 Å². The quantitative estimate of drug-likeness (QED) is 0.0590. The van der Waals surface area contributed by atoms with Crippen LogP contribution in [0.3, 0.4) is 0 Å². The first-order valence-corrected chi connectivity index (χ1v) is 23.0. The molecule has 0 fully saturated rings. The van der Waals surface area contributed by atoms with Crippen LogP contribution in [0, 0.1) is 0 Å². The molecule has 0 atom stereocenters. The molecule has 0 aliphatic heterocycles. The highest BCUT2D eigenvalue weighted by Crippen LogP contribution is 2.62. The maximum atomic E-state index is 12.3. The normalized spacial score (nSPS) is 11.5. The lowest BCUT2D eigenvalue weighted by Gasteiger charge is -2.21. The number of hydrogen-bond acceptors (Lipinski definition) is 24. The lowest BCUT2D eigenvalue weighted by atomic mass is 9.73. The minimum atomic E-state index is -1.48. The first-order valence-electron chi connectivity index (χ1n) is 23.0. The summed E-state index contributed by atoms with van der Waals surface area (Å²) in [5, 5.41) is 225.